The van der Waals surface area contributed by atoms with Gasteiger partial charge in [-0.1, -0.05) is 51.1 Å². The normalized spacial score (nSPS) is 13.0. The van der Waals surface area contributed by atoms with E-state index in [1.54, 1.807) is 25.5 Å². The molecule has 150 valence electrons. The standard InChI is InChI=1S/C20H30N4OS.HI/c1-14-16(26-18(24-14)15-10-8-7-9-11-15)12-22-19(21-5)23-13-17(25-6)20(2,3)4;/h7-11,17H,12-13H2,1-6H3,(H2,21,22,23);1H. The predicted octanol–water partition coefficient (Wildman–Crippen LogP) is 4.46. The summed E-state index contributed by atoms with van der Waals surface area (Å²) in [7, 11) is 3.53. The van der Waals surface area contributed by atoms with Gasteiger partial charge < -0.3 is 15.4 Å². The Balaban J connectivity index is 0.00000364. The predicted molar refractivity (Wildman–Crippen MR) is 126 cm³/mol. The highest BCUT2D eigenvalue weighted by Crippen LogP contribution is 2.27. The Morgan fingerprint density at radius 1 is 1.22 bits per heavy atom. The number of hydrogen-bond acceptors (Lipinski definition) is 4. The lowest BCUT2D eigenvalue weighted by molar-refractivity contribution is 0.0205. The van der Waals surface area contributed by atoms with E-state index >= 15 is 0 Å². The van der Waals surface area contributed by atoms with Crippen molar-refractivity contribution in [2.24, 2.45) is 10.4 Å². The molecule has 0 amide bonds. The Labute approximate surface area is 184 Å². The van der Waals surface area contributed by atoms with Gasteiger partial charge in [-0.2, -0.15) is 0 Å². The Bertz CT molecular complexity index is 725. The number of ether oxygens (including phenoxy) is 1. The highest BCUT2D eigenvalue weighted by molar-refractivity contribution is 14.0. The Morgan fingerprint density at radius 3 is 2.44 bits per heavy atom. The molecule has 1 heterocycles. The number of methoxy groups -OCH3 is 1. The van der Waals surface area contributed by atoms with Crippen LogP contribution in [0, 0.1) is 12.3 Å². The third kappa shape index (κ3) is 7.04. The number of nitrogens with one attached hydrogen (secondary N) is 2. The monoisotopic (exact) mass is 502 g/mol. The van der Waals surface area contributed by atoms with Crippen molar-refractivity contribution in [3.8, 4) is 10.6 Å². The quantitative estimate of drug-likeness (QED) is 0.348. The highest BCUT2D eigenvalue weighted by atomic mass is 127. The van der Waals surface area contributed by atoms with Crippen LogP contribution in [0.5, 0.6) is 0 Å². The van der Waals surface area contributed by atoms with Crippen LogP contribution < -0.4 is 10.6 Å². The number of benzene rings is 1. The molecule has 2 aromatic rings. The van der Waals surface area contributed by atoms with Crippen molar-refractivity contribution in [1.82, 2.24) is 15.6 Å². The number of aliphatic imine (C=N–C) groups is 1. The maximum absolute atomic E-state index is 5.59. The second-order valence-corrected chi connectivity index (χ2v) is 8.37. The number of guanidine groups is 1. The zero-order chi connectivity index (χ0) is 19.2. The van der Waals surface area contributed by atoms with Crippen LogP contribution in [0.15, 0.2) is 35.3 Å². The molecule has 1 atom stereocenters. The lowest BCUT2D eigenvalue weighted by Gasteiger charge is -2.30. The molecule has 0 aliphatic heterocycles. The summed E-state index contributed by atoms with van der Waals surface area (Å²) in [5.74, 6) is 0.769. The van der Waals surface area contributed by atoms with E-state index in [0.717, 1.165) is 22.2 Å². The number of rotatable bonds is 6. The first kappa shape index (κ1) is 23.8. The van der Waals surface area contributed by atoms with Crippen molar-refractivity contribution in [2.75, 3.05) is 20.7 Å². The summed E-state index contributed by atoms with van der Waals surface area (Å²) in [5, 5.41) is 7.78. The highest BCUT2D eigenvalue weighted by Gasteiger charge is 2.24. The zero-order valence-electron chi connectivity index (χ0n) is 17.0. The smallest absolute Gasteiger partial charge is 0.191 e. The van der Waals surface area contributed by atoms with E-state index in [1.807, 2.05) is 18.2 Å². The van der Waals surface area contributed by atoms with Gasteiger partial charge in [-0.3, -0.25) is 4.99 Å². The van der Waals surface area contributed by atoms with Crippen molar-refractivity contribution in [1.29, 1.82) is 0 Å². The van der Waals surface area contributed by atoms with Crippen LogP contribution in [0.1, 0.15) is 31.3 Å². The minimum atomic E-state index is 0. The Kier molecular flexibility index (Phi) is 9.69. The molecule has 5 nitrogen and oxygen atoms in total. The van der Waals surface area contributed by atoms with E-state index in [4.69, 9.17) is 9.72 Å². The molecule has 7 heteroatoms. The SMILES string of the molecule is CN=C(NCc1sc(-c2ccccc2)nc1C)NCC(OC)C(C)(C)C.I. The second-order valence-electron chi connectivity index (χ2n) is 7.29. The molecule has 2 N–H and O–H groups in total. The van der Waals surface area contributed by atoms with Crippen LogP contribution in [0.3, 0.4) is 0 Å². The van der Waals surface area contributed by atoms with Gasteiger partial charge in [0.15, 0.2) is 5.96 Å². The van der Waals surface area contributed by atoms with Crippen molar-refractivity contribution in [2.45, 2.75) is 40.3 Å². The van der Waals surface area contributed by atoms with Gasteiger partial charge >= 0.3 is 0 Å². The van der Waals surface area contributed by atoms with Crippen molar-refractivity contribution >= 4 is 41.3 Å². The molecule has 0 spiro atoms. The molecule has 0 aliphatic rings. The molecule has 2 rings (SSSR count). The minimum Gasteiger partial charge on any atom is -0.379 e. The van der Waals surface area contributed by atoms with Gasteiger partial charge in [-0.05, 0) is 12.3 Å². The van der Waals surface area contributed by atoms with E-state index in [-0.39, 0.29) is 35.5 Å². The molecule has 0 saturated carbocycles. The van der Waals surface area contributed by atoms with Crippen LogP contribution in [0.2, 0.25) is 0 Å². The van der Waals surface area contributed by atoms with E-state index in [2.05, 4.69) is 55.5 Å². The van der Waals surface area contributed by atoms with Crippen molar-refractivity contribution in [3.05, 3.63) is 40.9 Å². The number of aryl methyl sites for hydroxylation is 1. The molecule has 0 aliphatic carbocycles. The molecule has 27 heavy (non-hydrogen) atoms. The molecule has 0 radical (unpaired) electrons. The number of hydrogen-bond donors (Lipinski definition) is 2. The van der Waals surface area contributed by atoms with Crippen LogP contribution in [0.25, 0.3) is 10.6 Å². The first-order chi connectivity index (χ1) is 12.3. The summed E-state index contributed by atoms with van der Waals surface area (Å²) < 4.78 is 5.59. The summed E-state index contributed by atoms with van der Waals surface area (Å²) in [4.78, 5) is 10.2. The number of thiazole rings is 1. The molecular formula is C20H31IN4OS. The summed E-state index contributed by atoms with van der Waals surface area (Å²) in [5.41, 5.74) is 2.28. The summed E-state index contributed by atoms with van der Waals surface area (Å²) in [6.07, 6.45) is 0.107. The van der Waals surface area contributed by atoms with Gasteiger partial charge in [0.2, 0.25) is 0 Å². The number of aromatic nitrogens is 1. The third-order valence-corrected chi connectivity index (χ3v) is 5.47. The van der Waals surface area contributed by atoms with E-state index in [0.29, 0.717) is 13.1 Å². The zero-order valence-corrected chi connectivity index (χ0v) is 20.1. The Hall–Kier alpha value is -1.19. The van der Waals surface area contributed by atoms with Crippen molar-refractivity contribution in [3.63, 3.8) is 0 Å². The van der Waals surface area contributed by atoms with Crippen LogP contribution in [0.4, 0.5) is 0 Å². The topological polar surface area (TPSA) is 58.5 Å². The average Bonchev–Trinajstić information content (AvgIpc) is 2.98. The fraction of sp³-hybridized carbons (Fsp3) is 0.500. The van der Waals surface area contributed by atoms with Gasteiger partial charge in [0.25, 0.3) is 0 Å². The molecule has 1 aromatic carbocycles. The molecule has 0 bridgehead atoms. The third-order valence-electron chi connectivity index (χ3n) is 4.26. The van der Waals surface area contributed by atoms with Gasteiger partial charge in [0.05, 0.1) is 18.3 Å². The molecule has 1 aromatic heterocycles. The lowest BCUT2D eigenvalue weighted by Crippen LogP contribution is -2.45. The van der Waals surface area contributed by atoms with E-state index in [9.17, 15) is 0 Å². The summed E-state index contributed by atoms with van der Waals surface area (Å²) in [6.45, 7) is 9.97. The summed E-state index contributed by atoms with van der Waals surface area (Å²) >= 11 is 1.72. The van der Waals surface area contributed by atoms with Gasteiger partial charge in [-0.15, -0.1) is 35.3 Å². The molecule has 1 unspecified atom stereocenters. The Morgan fingerprint density at radius 2 is 1.89 bits per heavy atom. The van der Waals surface area contributed by atoms with Gasteiger partial charge in [0, 0.05) is 31.1 Å². The fourth-order valence-corrected chi connectivity index (χ4v) is 3.62. The first-order valence-electron chi connectivity index (χ1n) is 8.84. The molecule has 0 saturated heterocycles. The van der Waals surface area contributed by atoms with Crippen LogP contribution >= 0.6 is 35.3 Å². The van der Waals surface area contributed by atoms with E-state index in [1.165, 1.54) is 4.88 Å². The van der Waals surface area contributed by atoms with Crippen molar-refractivity contribution < 1.29 is 4.74 Å². The second kappa shape index (κ2) is 11.0. The van der Waals surface area contributed by atoms with Crippen LogP contribution in [-0.2, 0) is 11.3 Å². The first-order valence-corrected chi connectivity index (χ1v) is 9.65. The number of halogens is 1. The van der Waals surface area contributed by atoms with E-state index < -0.39 is 0 Å². The molecule has 0 fully saturated rings. The lowest BCUT2D eigenvalue weighted by atomic mass is 9.89. The largest absolute Gasteiger partial charge is 0.379 e. The average molecular weight is 502 g/mol. The summed E-state index contributed by atoms with van der Waals surface area (Å²) in [6, 6.07) is 10.3. The minimum absolute atomic E-state index is 0. The van der Waals surface area contributed by atoms with Gasteiger partial charge in [-0.25, -0.2) is 4.98 Å². The maximum atomic E-state index is 5.59. The van der Waals surface area contributed by atoms with Crippen LogP contribution in [-0.4, -0.2) is 37.7 Å². The maximum Gasteiger partial charge on any atom is 0.191 e. The molecular weight excluding hydrogens is 471 g/mol. The van der Waals surface area contributed by atoms with Gasteiger partial charge in [0.1, 0.15) is 5.01 Å². The number of nitrogens with zero attached hydrogens (tertiary/aromatic N) is 2. The fourth-order valence-electron chi connectivity index (χ4n) is 2.61.